The molecule has 0 aromatic heterocycles. The molecule has 20 heavy (non-hydrogen) atoms. The van der Waals surface area contributed by atoms with Gasteiger partial charge in [-0.1, -0.05) is 22.0 Å². The molecule has 2 N–H and O–H groups in total. The van der Waals surface area contributed by atoms with Gasteiger partial charge in [-0.2, -0.15) is 0 Å². The fraction of sp³-hybridized carbons (Fsp3) is 0.533. The average Bonchev–Trinajstić information content (AvgIpc) is 2.81. The minimum Gasteiger partial charge on any atom is -0.389 e. The Balaban J connectivity index is 2.19. The summed E-state index contributed by atoms with van der Waals surface area (Å²) in [6.07, 6.45) is 0.357. The molecule has 0 saturated carbocycles. The Hall–Kier alpha value is -1.07. The molecule has 1 aromatic carbocycles. The van der Waals surface area contributed by atoms with Gasteiger partial charge in [0.2, 0.25) is 5.91 Å². The normalized spacial score (nSPS) is 23.8. The van der Waals surface area contributed by atoms with Gasteiger partial charge in [-0.3, -0.25) is 4.79 Å². The molecule has 1 amide bonds. The van der Waals surface area contributed by atoms with Crippen molar-refractivity contribution < 1.29 is 9.90 Å². The highest BCUT2D eigenvalue weighted by Gasteiger charge is 2.39. The molecule has 2 atom stereocenters. The lowest BCUT2D eigenvalue weighted by Gasteiger charge is -2.24. The van der Waals surface area contributed by atoms with Crippen molar-refractivity contribution in [2.24, 2.45) is 5.41 Å². The van der Waals surface area contributed by atoms with Gasteiger partial charge in [-0.15, -0.1) is 0 Å². The predicted molar refractivity (Wildman–Crippen MR) is 83.8 cm³/mol. The van der Waals surface area contributed by atoms with Crippen LogP contribution in [0.3, 0.4) is 0 Å². The predicted octanol–water partition coefficient (Wildman–Crippen LogP) is 2.46. The first kappa shape index (κ1) is 15.3. The number of rotatable bonds is 3. The minimum atomic E-state index is -0.492. The highest BCUT2D eigenvalue weighted by molar-refractivity contribution is 9.10. The summed E-state index contributed by atoms with van der Waals surface area (Å²) in [6.45, 7) is 5.33. The maximum atomic E-state index is 11.9. The van der Waals surface area contributed by atoms with Crippen LogP contribution in [0.1, 0.15) is 31.9 Å². The number of hydrogen-bond donors (Lipinski definition) is 2. The zero-order valence-electron chi connectivity index (χ0n) is 12.1. The maximum Gasteiger partial charge on any atom is 0.227 e. The van der Waals surface area contributed by atoms with Crippen molar-refractivity contribution in [2.75, 3.05) is 25.0 Å². The molecule has 4 nitrogen and oxygen atoms in total. The van der Waals surface area contributed by atoms with Crippen molar-refractivity contribution in [1.29, 1.82) is 0 Å². The van der Waals surface area contributed by atoms with Gasteiger partial charge in [-0.25, -0.2) is 0 Å². The second-order valence-corrected chi connectivity index (χ2v) is 6.55. The van der Waals surface area contributed by atoms with Crippen LogP contribution in [0.5, 0.6) is 0 Å². The quantitative estimate of drug-likeness (QED) is 0.888. The lowest BCUT2D eigenvalue weighted by Crippen LogP contribution is -2.39. The Bertz CT molecular complexity index is 519. The number of amides is 1. The van der Waals surface area contributed by atoms with Gasteiger partial charge in [0, 0.05) is 30.3 Å². The second-order valence-electron chi connectivity index (χ2n) is 5.69. The molecule has 110 valence electrons. The number of anilines is 1. The first-order chi connectivity index (χ1) is 9.37. The van der Waals surface area contributed by atoms with Crippen LogP contribution in [0, 0.1) is 5.41 Å². The summed E-state index contributed by atoms with van der Waals surface area (Å²) in [4.78, 5) is 14.2. The summed E-state index contributed by atoms with van der Waals surface area (Å²) in [7, 11) is 1.68. The summed E-state index contributed by atoms with van der Waals surface area (Å²) < 4.78 is 0.901. The van der Waals surface area contributed by atoms with Crippen LogP contribution in [0.2, 0.25) is 0 Å². The number of carbonyl (C=O) groups is 1. The number of aliphatic hydroxyl groups excluding tert-OH is 1. The number of aliphatic hydroxyl groups is 1. The maximum absolute atomic E-state index is 11.9. The number of benzene rings is 1. The number of halogens is 1. The van der Waals surface area contributed by atoms with Crippen LogP contribution in [0.4, 0.5) is 5.69 Å². The zero-order chi connectivity index (χ0) is 14.9. The molecule has 1 heterocycles. The molecule has 5 heteroatoms. The summed E-state index contributed by atoms with van der Waals surface area (Å²) in [5.74, 6) is 0.0969. The summed E-state index contributed by atoms with van der Waals surface area (Å²) in [6, 6.07) is 5.94. The topological polar surface area (TPSA) is 52.6 Å². The molecule has 2 rings (SSSR count). The van der Waals surface area contributed by atoms with E-state index in [2.05, 4.69) is 26.1 Å². The van der Waals surface area contributed by atoms with Gasteiger partial charge in [0.1, 0.15) is 0 Å². The average molecular weight is 341 g/mol. The van der Waals surface area contributed by atoms with Crippen molar-refractivity contribution in [3.8, 4) is 0 Å². The molecular weight excluding hydrogens is 320 g/mol. The van der Waals surface area contributed by atoms with Gasteiger partial charge in [0.25, 0.3) is 0 Å². The monoisotopic (exact) mass is 340 g/mol. The molecule has 0 spiro atoms. The molecule has 1 aliphatic rings. The Morgan fingerprint density at radius 3 is 2.80 bits per heavy atom. The number of nitrogens with one attached hydrogen (secondary N) is 1. The van der Waals surface area contributed by atoms with Gasteiger partial charge in [0.15, 0.2) is 0 Å². The van der Waals surface area contributed by atoms with Crippen molar-refractivity contribution in [3.63, 3.8) is 0 Å². The largest absolute Gasteiger partial charge is 0.389 e. The number of carbonyl (C=O) groups excluding carboxylic acids is 1. The molecule has 0 aliphatic carbocycles. The van der Waals surface area contributed by atoms with Crippen LogP contribution in [0.25, 0.3) is 0 Å². The van der Waals surface area contributed by atoms with E-state index in [1.807, 2.05) is 25.1 Å². The smallest absolute Gasteiger partial charge is 0.227 e. The number of nitrogens with zero attached hydrogens (tertiary/aromatic N) is 1. The molecular formula is C15H21BrN2O2. The summed E-state index contributed by atoms with van der Waals surface area (Å²) >= 11 is 3.50. The van der Waals surface area contributed by atoms with E-state index >= 15 is 0 Å². The molecule has 0 bridgehead atoms. The van der Waals surface area contributed by atoms with E-state index in [9.17, 15) is 9.90 Å². The summed E-state index contributed by atoms with van der Waals surface area (Å²) in [5, 5.41) is 12.4. The van der Waals surface area contributed by atoms with E-state index in [1.165, 1.54) is 0 Å². The van der Waals surface area contributed by atoms with Gasteiger partial charge >= 0.3 is 0 Å². The lowest BCUT2D eigenvalue weighted by atomic mass is 9.89. The van der Waals surface area contributed by atoms with Crippen LogP contribution < -0.4 is 10.2 Å². The highest BCUT2D eigenvalue weighted by atomic mass is 79.9. The first-order valence-corrected chi connectivity index (χ1v) is 7.61. The third-order valence-electron chi connectivity index (χ3n) is 4.05. The molecule has 1 aliphatic heterocycles. The molecule has 1 saturated heterocycles. The van der Waals surface area contributed by atoms with E-state index in [1.54, 1.807) is 14.0 Å². The lowest BCUT2D eigenvalue weighted by molar-refractivity contribution is -0.128. The van der Waals surface area contributed by atoms with Crippen molar-refractivity contribution in [3.05, 3.63) is 28.2 Å². The van der Waals surface area contributed by atoms with E-state index in [0.717, 1.165) is 28.7 Å². The zero-order valence-corrected chi connectivity index (χ0v) is 13.7. The molecule has 2 unspecified atom stereocenters. The van der Waals surface area contributed by atoms with Crippen molar-refractivity contribution >= 4 is 27.5 Å². The van der Waals surface area contributed by atoms with Crippen molar-refractivity contribution in [1.82, 2.24) is 5.32 Å². The van der Waals surface area contributed by atoms with Crippen molar-refractivity contribution in [2.45, 2.75) is 26.4 Å². The van der Waals surface area contributed by atoms with Crippen LogP contribution in [-0.2, 0) is 4.79 Å². The van der Waals surface area contributed by atoms with Gasteiger partial charge in [0.05, 0.1) is 11.5 Å². The Kier molecular flexibility index (Phi) is 4.39. The van der Waals surface area contributed by atoms with Crippen LogP contribution in [-0.4, -0.2) is 31.2 Å². The Labute approximate surface area is 128 Å². The third kappa shape index (κ3) is 2.83. The molecule has 1 aromatic rings. The Morgan fingerprint density at radius 2 is 2.25 bits per heavy atom. The Morgan fingerprint density at radius 1 is 1.55 bits per heavy atom. The highest BCUT2D eigenvalue weighted by Crippen LogP contribution is 2.35. The number of hydrogen-bond acceptors (Lipinski definition) is 3. The second kappa shape index (κ2) is 5.74. The first-order valence-electron chi connectivity index (χ1n) is 6.82. The van der Waals surface area contributed by atoms with Crippen LogP contribution in [0.15, 0.2) is 22.7 Å². The molecule has 1 fully saturated rings. The van der Waals surface area contributed by atoms with E-state index in [4.69, 9.17) is 0 Å². The fourth-order valence-electron chi connectivity index (χ4n) is 2.72. The van der Waals surface area contributed by atoms with Gasteiger partial charge < -0.3 is 15.3 Å². The van der Waals surface area contributed by atoms with Crippen LogP contribution >= 0.6 is 15.9 Å². The van der Waals surface area contributed by atoms with E-state index in [0.29, 0.717) is 6.54 Å². The summed E-state index contributed by atoms with van der Waals surface area (Å²) in [5.41, 5.74) is 1.63. The van der Waals surface area contributed by atoms with E-state index < -0.39 is 6.10 Å². The fourth-order valence-corrected chi connectivity index (χ4v) is 3.42. The molecule has 0 radical (unpaired) electrons. The van der Waals surface area contributed by atoms with E-state index in [-0.39, 0.29) is 11.3 Å². The third-order valence-corrected chi connectivity index (χ3v) is 4.73. The van der Waals surface area contributed by atoms with Gasteiger partial charge in [-0.05, 0) is 38.0 Å². The minimum absolute atomic E-state index is 0.0969. The standard InChI is InChI=1S/C15H21BrN2O2/c1-10(19)12-5-4-11(8-13(12)16)18-7-6-15(2,9-18)14(20)17-3/h4-5,8,10,19H,6-7,9H2,1-3H3,(H,17,20). The SMILES string of the molecule is CNC(=O)C1(C)CCN(c2ccc(C(C)O)c(Br)c2)C1.